The second-order valence-electron chi connectivity index (χ2n) is 3.91. The number of thiophene rings is 1. The monoisotopic (exact) mass is 235 g/mol. The van der Waals surface area contributed by atoms with Gasteiger partial charge in [-0.2, -0.15) is 0 Å². The molecule has 1 N–H and O–H groups in total. The van der Waals surface area contributed by atoms with Crippen LogP contribution in [0.4, 0.5) is 0 Å². The highest BCUT2D eigenvalue weighted by Crippen LogP contribution is 2.26. The Kier molecular flexibility index (Phi) is 3.36. The fourth-order valence-electron chi connectivity index (χ4n) is 1.86. The molecule has 0 bridgehead atoms. The molecule has 0 aliphatic heterocycles. The van der Waals surface area contributed by atoms with E-state index < -0.39 is 0 Å². The van der Waals surface area contributed by atoms with E-state index in [0.717, 1.165) is 6.42 Å². The minimum Gasteiger partial charge on any atom is -0.310 e. The Labute approximate surface area is 101 Å². The lowest BCUT2D eigenvalue weighted by Gasteiger charge is -2.11. The molecular formula is C13H17NOS. The number of likely N-dealkylation sites (N-methyl/N-ethyl adjacent to an activating group) is 1. The average Bonchev–Trinajstić information content (AvgIpc) is 2.69. The van der Waals surface area contributed by atoms with Crippen molar-refractivity contribution in [2.45, 2.75) is 19.4 Å². The largest absolute Gasteiger partial charge is 0.310 e. The van der Waals surface area contributed by atoms with Gasteiger partial charge < -0.3 is 5.32 Å². The molecule has 1 aromatic heterocycles. The summed E-state index contributed by atoms with van der Waals surface area (Å²) in [5.74, 6) is 0.192. The molecule has 0 saturated heterocycles. The highest BCUT2D eigenvalue weighted by molar-refractivity contribution is 7.17. The number of benzene rings is 1. The van der Waals surface area contributed by atoms with Gasteiger partial charge in [-0.05, 0) is 42.8 Å². The predicted octanol–water partition coefficient (Wildman–Crippen LogP) is 2.87. The molecule has 1 unspecified atom stereocenters. The van der Waals surface area contributed by atoms with Crippen molar-refractivity contribution < 1.29 is 6.22 Å². The molecule has 1 aromatic carbocycles. The first-order valence-electron chi connectivity index (χ1n) is 5.35. The van der Waals surface area contributed by atoms with Gasteiger partial charge in [0.1, 0.15) is 5.78 Å². The van der Waals surface area contributed by atoms with Crippen molar-refractivity contribution in [1.82, 2.24) is 5.32 Å². The van der Waals surface area contributed by atoms with Gasteiger partial charge in [0.25, 0.3) is 0 Å². The van der Waals surface area contributed by atoms with Crippen LogP contribution in [0.3, 0.4) is 0 Å². The molecule has 0 aliphatic carbocycles. The van der Waals surface area contributed by atoms with Crippen LogP contribution in [0, 0.1) is 0 Å². The van der Waals surface area contributed by atoms with Gasteiger partial charge in [0.2, 0.25) is 0 Å². The Hall–Kier alpha value is -1.19. The topological polar surface area (TPSA) is 29.1 Å². The van der Waals surface area contributed by atoms with Crippen LogP contribution in [-0.2, 0) is 11.2 Å². The van der Waals surface area contributed by atoms with Crippen molar-refractivity contribution in [1.29, 1.82) is 0 Å². The van der Waals surface area contributed by atoms with Crippen molar-refractivity contribution >= 4 is 27.2 Å². The number of hydrogen-bond donors (Lipinski definition) is 1. The summed E-state index contributed by atoms with van der Waals surface area (Å²) >= 11 is 1.74. The Morgan fingerprint density at radius 3 is 2.94 bits per heavy atom. The molecule has 1 heterocycles. The molecular weight excluding hydrogens is 218 g/mol. The lowest BCUT2D eigenvalue weighted by molar-refractivity contribution is -0.118. The first-order valence-corrected chi connectivity index (χ1v) is 6.23. The zero-order valence-electron chi connectivity index (χ0n) is 9.49. The fourth-order valence-corrected chi connectivity index (χ4v) is 2.84. The molecule has 1 atom stereocenters. The van der Waals surface area contributed by atoms with E-state index in [1.54, 1.807) is 18.3 Å². The van der Waals surface area contributed by atoms with Gasteiger partial charge in [-0.1, -0.05) is 18.2 Å². The second kappa shape index (κ2) is 4.76. The summed E-state index contributed by atoms with van der Waals surface area (Å²) in [7, 11) is 1.83. The van der Waals surface area contributed by atoms with Crippen LogP contribution >= 0.6 is 11.3 Å². The van der Waals surface area contributed by atoms with Gasteiger partial charge in [-0.25, -0.2) is 0 Å². The summed E-state index contributed by atoms with van der Waals surface area (Å²) in [5.41, 5.74) is 1.26. The normalized spacial score (nSPS) is 12.9. The fraction of sp³-hybridized carbons (Fsp3) is 0.308. The van der Waals surface area contributed by atoms with E-state index in [1.165, 1.54) is 15.6 Å². The zero-order chi connectivity index (χ0) is 11.5. The van der Waals surface area contributed by atoms with E-state index in [1.807, 2.05) is 19.2 Å². The number of ketones is 1. The van der Waals surface area contributed by atoms with Gasteiger partial charge in [-0.3, -0.25) is 4.79 Å². The van der Waals surface area contributed by atoms with Gasteiger partial charge in [0.05, 0.1) is 6.04 Å². The maximum atomic E-state index is 11.4. The zero-order valence-corrected chi connectivity index (χ0v) is 10.3. The van der Waals surface area contributed by atoms with Crippen LogP contribution in [0.5, 0.6) is 0 Å². The summed E-state index contributed by atoms with van der Waals surface area (Å²) in [6.45, 7) is 1.63. The van der Waals surface area contributed by atoms with Gasteiger partial charge in [0, 0.05) is 6.13 Å². The van der Waals surface area contributed by atoms with Crippen LogP contribution in [0.1, 0.15) is 13.9 Å². The summed E-state index contributed by atoms with van der Waals surface area (Å²) in [6.07, 6.45) is 0.774. The minimum atomic E-state index is -0.0713. The first-order chi connectivity index (χ1) is 7.72. The number of nitrogens with one attached hydrogen (secondary N) is 1. The van der Waals surface area contributed by atoms with E-state index in [0.29, 0.717) is 0 Å². The molecule has 16 heavy (non-hydrogen) atoms. The third kappa shape index (κ3) is 2.15. The molecule has 0 spiro atoms. The van der Waals surface area contributed by atoms with E-state index in [4.69, 9.17) is 0 Å². The molecule has 2 aromatic rings. The van der Waals surface area contributed by atoms with Crippen LogP contribution in [0.15, 0.2) is 29.6 Å². The van der Waals surface area contributed by atoms with Crippen molar-refractivity contribution in [3.8, 4) is 0 Å². The summed E-state index contributed by atoms with van der Waals surface area (Å²) < 4.78 is 1.29. The minimum absolute atomic E-state index is 0. The van der Waals surface area contributed by atoms with Crippen LogP contribution in [0.2, 0.25) is 0 Å². The number of Topliss-reactive ketones (excluding diaryl/α,β-unsaturated/α-hetero) is 1. The summed E-state index contributed by atoms with van der Waals surface area (Å²) in [4.78, 5) is 11.4. The van der Waals surface area contributed by atoms with Crippen LogP contribution in [0.25, 0.3) is 10.1 Å². The van der Waals surface area contributed by atoms with E-state index in [2.05, 4.69) is 22.8 Å². The number of carbonyl (C=O) groups excluding carboxylic acids is 1. The quantitative estimate of drug-likeness (QED) is 0.883. The van der Waals surface area contributed by atoms with Gasteiger partial charge >= 0.3 is 0 Å². The average molecular weight is 235 g/mol. The molecule has 86 valence electrons. The summed E-state index contributed by atoms with van der Waals surface area (Å²) in [5, 5.41) is 6.48. The molecule has 0 fully saturated rings. The maximum Gasteiger partial charge on any atom is 0.147 e. The van der Waals surface area contributed by atoms with E-state index >= 15 is 0 Å². The van der Waals surface area contributed by atoms with Crippen molar-refractivity contribution in [3.63, 3.8) is 0 Å². The number of hydrogen-bond acceptors (Lipinski definition) is 3. The molecule has 0 saturated carbocycles. The molecule has 0 aliphatic rings. The van der Waals surface area contributed by atoms with Crippen LogP contribution < -0.4 is 5.32 Å². The number of rotatable bonds is 4. The Morgan fingerprint density at radius 1 is 1.50 bits per heavy atom. The highest BCUT2D eigenvalue weighted by atomic mass is 32.1. The van der Waals surface area contributed by atoms with Crippen LogP contribution in [-0.4, -0.2) is 18.9 Å². The van der Waals surface area contributed by atoms with Gasteiger partial charge in [0.15, 0.2) is 0 Å². The first kappa shape index (κ1) is 11.3. The summed E-state index contributed by atoms with van der Waals surface area (Å²) in [6, 6.07) is 8.25. The third-order valence-electron chi connectivity index (χ3n) is 2.82. The third-order valence-corrected chi connectivity index (χ3v) is 3.84. The standard InChI is InChI=1S/C13H15NOS.H2/c1-9(15)12(14-2)7-10-8-16-13-6-4-3-5-11(10)13;/h3-6,8,12,14H,7H2,1-2H3;1H. The molecule has 2 nitrogen and oxygen atoms in total. The molecule has 2 rings (SSSR count). The Bertz CT molecular complexity index is 509. The van der Waals surface area contributed by atoms with Crippen molar-refractivity contribution in [3.05, 3.63) is 35.2 Å². The SMILES string of the molecule is CNC(Cc1csc2ccccc12)C(C)=O.[HH]. The smallest absolute Gasteiger partial charge is 0.147 e. The second-order valence-corrected chi connectivity index (χ2v) is 4.82. The molecule has 0 radical (unpaired) electrons. The van der Waals surface area contributed by atoms with E-state index in [-0.39, 0.29) is 13.3 Å². The van der Waals surface area contributed by atoms with Crippen molar-refractivity contribution in [2.24, 2.45) is 0 Å². The van der Waals surface area contributed by atoms with E-state index in [9.17, 15) is 4.79 Å². The Morgan fingerprint density at radius 2 is 2.25 bits per heavy atom. The lowest BCUT2D eigenvalue weighted by atomic mass is 10.0. The highest BCUT2D eigenvalue weighted by Gasteiger charge is 2.14. The molecule has 0 amide bonds. The Balaban J connectivity index is 0.00000144. The maximum absolute atomic E-state index is 11.4. The lowest BCUT2D eigenvalue weighted by Crippen LogP contribution is -2.34. The predicted molar refractivity (Wildman–Crippen MR) is 71.2 cm³/mol. The van der Waals surface area contributed by atoms with Gasteiger partial charge in [-0.15, -0.1) is 11.3 Å². The molecule has 3 heteroatoms. The van der Waals surface area contributed by atoms with Crippen molar-refractivity contribution in [2.75, 3.05) is 7.05 Å². The number of fused-ring (bicyclic) bond motifs is 1. The number of carbonyl (C=O) groups is 1.